The summed E-state index contributed by atoms with van der Waals surface area (Å²) in [5.74, 6) is 0.916. The number of ether oxygens (including phenoxy) is 1. The minimum atomic E-state index is 0.230. The maximum Gasteiger partial charge on any atom is 0.199 e. The van der Waals surface area contributed by atoms with Gasteiger partial charge in [0.05, 0.1) is 31.4 Å². The summed E-state index contributed by atoms with van der Waals surface area (Å²) in [5, 5.41) is 3.72. The molecular formula is C20H21ClN6O. The van der Waals surface area contributed by atoms with Gasteiger partial charge in [-0.1, -0.05) is 23.7 Å². The first-order chi connectivity index (χ1) is 13.5. The number of rotatable bonds is 6. The van der Waals surface area contributed by atoms with Crippen molar-refractivity contribution >= 4 is 29.6 Å². The molecular weight excluding hydrogens is 376 g/mol. The molecule has 0 atom stereocenters. The van der Waals surface area contributed by atoms with Gasteiger partial charge in [0, 0.05) is 23.0 Å². The van der Waals surface area contributed by atoms with E-state index in [0.717, 1.165) is 22.6 Å². The van der Waals surface area contributed by atoms with Gasteiger partial charge in [-0.05, 0) is 36.8 Å². The first kappa shape index (κ1) is 19.4. The molecule has 28 heavy (non-hydrogen) atoms. The minimum absolute atomic E-state index is 0.230. The average Bonchev–Trinajstić information content (AvgIpc) is 3.12. The van der Waals surface area contributed by atoms with E-state index in [1.807, 2.05) is 60.2 Å². The van der Waals surface area contributed by atoms with Crippen molar-refractivity contribution in [1.82, 2.24) is 9.55 Å². The summed E-state index contributed by atoms with van der Waals surface area (Å²) in [6.07, 6.45) is 5.10. The van der Waals surface area contributed by atoms with Gasteiger partial charge in [0.15, 0.2) is 5.96 Å². The molecule has 0 saturated heterocycles. The summed E-state index contributed by atoms with van der Waals surface area (Å²) in [5.41, 5.74) is 9.53. The zero-order valence-electron chi connectivity index (χ0n) is 15.6. The third-order valence-corrected chi connectivity index (χ3v) is 4.16. The molecule has 3 N–H and O–H groups in total. The van der Waals surface area contributed by atoms with Crippen molar-refractivity contribution in [3.63, 3.8) is 0 Å². The quantitative estimate of drug-likeness (QED) is 0.490. The highest BCUT2D eigenvalue weighted by Crippen LogP contribution is 2.26. The molecule has 3 aromatic rings. The van der Waals surface area contributed by atoms with E-state index < -0.39 is 0 Å². The SMILES string of the molecule is COc1cc(NC(N)=NC=NCc2ccc(Cl)cc2)ccc1-n1cnc(C)c1. The first-order valence-corrected chi connectivity index (χ1v) is 8.95. The lowest BCUT2D eigenvalue weighted by molar-refractivity contribution is 0.413. The number of aryl methyl sites for hydroxylation is 1. The van der Waals surface area contributed by atoms with E-state index in [1.165, 1.54) is 6.34 Å². The van der Waals surface area contributed by atoms with Gasteiger partial charge in [0.1, 0.15) is 12.1 Å². The maximum atomic E-state index is 5.92. The summed E-state index contributed by atoms with van der Waals surface area (Å²) < 4.78 is 7.38. The zero-order valence-corrected chi connectivity index (χ0v) is 16.4. The second-order valence-electron chi connectivity index (χ2n) is 6.03. The first-order valence-electron chi connectivity index (χ1n) is 8.57. The number of hydrogen-bond donors (Lipinski definition) is 2. The third kappa shape index (κ3) is 5.11. The van der Waals surface area contributed by atoms with Gasteiger partial charge in [-0.25, -0.2) is 9.98 Å². The van der Waals surface area contributed by atoms with Crippen LogP contribution in [-0.4, -0.2) is 29.0 Å². The fourth-order valence-electron chi connectivity index (χ4n) is 2.54. The molecule has 0 saturated carbocycles. The van der Waals surface area contributed by atoms with Crippen molar-refractivity contribution in [2.24, 2.45) is 15.7 Å². The van der Waals surface area contributed by atoms with Crippen molar-refractivity contribution in [2.75, 3.05) is 12.4 Å². The number of nitrogens with zero attached hydrogens (tertiary/aromatic N) is 4. The van der Waals surface area contributed by atoms with Crippen LogP contribution in [0, 0.1) is 6.92 Å². The number of methoxy groups -OCH3 is 1. The van der Waals surface area contributed by atoms with Crippen molar-refractivity contribution in [1.29, 1.82) is 0 Å². The van der Waals surface area contributed by atoms with E-state index in [9.17, 15) is 0 Å². The minimum Gasteiger partial charge on any atom is -0.494 e. The number of guanidine groups is 1. The fourth-order valence-corrected chi connectivity index (χ4v) is 2.67. The lowest BCUT2D eigenvalue weighted by atomic mass is 10.2. The van der Waals surface area contributed by atoms with Gasteiger partial charge < -0.3 is 20.4 Å². The Bertz CT molecular complexity index is 994. The predicted molar refractivity (Wildman–Crippen MR) is 114 cm³/mol. The summed E-state index contributed by atoms with van der Waals surface area (Å²) >= 11 is 5.86. The van der Waals surface area contributed by atoms with E-state index in [-0.39, 0.29) is 5.96 Å². The normalized spacial score (nSPS) is 11.8. The van der Waals surface area contributed by atoms with Gasteiger partial charge >= 0.3 is 0 Å². The molecule has 7 nitrogen and oxygen atoms in total. The number of nitrogens with one attached hydrogen (secondary N) is 1. The van der Waals surface area contributed by atoms with Crippen LogP contribution in [0.25, 0.3) is 5.69 Å². The Morgan fingerprint density at radius 3 is 2.75 bits per heavy atom. The Morgan fingerprint density at radius 1 is 1.29 bits per heavy atom. The maximum absolute atomic E-state index is 5.92. The lowest BCUT2D eigenvalue weighted by Gasteiger charge is -2.12. The molecule has 0 radical (unpaired) electrons. The molecule has 2 aromatic carbocycles. The van der Waals surface area contributed by atoms with Crippen LogP contribution in [-0.2, 0) is 6.54 Å². The second kappa shape index (κ2) is 9.05. The Labute approximate surface area is 168 Å². The molecule has 0 aliphatic rings. The number of halogens is 1. The molecule has 0 spiro atoms. The lowest BCUT2D eigenvalue weighted by Crippen LogP contribution is -2.22. The molecule has 8 heteroatoms. The molecule has 144 valence electrons. The van der Waals surface area contributed by atoms with Crippen LogP contribution in [0.5, 0.6) is 5.75 Å². The van der Waals surface area contributed by atoms with E-state index in [4.69, 9.17) is 22.1 Å². The molecule has 0 unspecified atom stereocenters. The number of anilines is 1. The number of aliphatic imine (C=N–C) groups is 2. The summed E-state index contributed by atoms with van der Waals surface area (Å²) in [7, 11) is 1.62. The molecule has 1 aromatic heterocycles. The van der Waals surface area contributed by atoms with Crippen LogP contribution in [0.3, 0.4) is 0 Å². The van der Waals surface area contributed by atoms with Crippen LogP contribution in [0.4, 0.5) is 5.69 Å². The van der Waals surface area contributed by atoms with Crippen molar-refractivity contribution in [3.05, 3.63) is 71.3 Å². The van der Waals surface area contributed by atoms with Crippen LogP contribution in [0.2, 0.25) is 5.02 Å². The molecule has 0 aliphatic heterocycles. The van der Waals surface area contributed by atoms with Crippen molar-refractivity contribution in [3.8, 4) is 11.4 Å². The monoisotopic (exact) mass is 396 g/mol. The van der Waals surface area contributed by atoms with E-state index >= 15 is 0 Å². The number of nitrogens with two attached hydrogens (primary N) is 1. The highest BCUT2D eigenvalue weighted by atomic mass is 35.5. The fraction of sp³-hybridized carbons (Fsp3) is 0.150. The number of hydrogen-bond acceptors (Lipinski definition) is 3. The van der Waals surface area contributed by atoms with E-state index in [0.29, 0.717) is 17.3 Å². The highest BCUT2D eigenvalue weighted by molar-refractivity contribution is 6.30. The van der Waals surface area contributed by atoms with Crippen LogP contribution >= 0.6 is 11.6 Å². The Kier molecular flexibility index (Phi) is 6.29. The van der Waals surface area contributed by atoms with Crippen molar-refractivity contribution < 1.29 is 4.74 Å². The molecule has 0 aliphatic carbocycles. The van der Waals surface area contributed by atoms with Gasteiger partial charge in [-0.15, -0.1) is 0 Å². The van der Waals surface area contributed by atoms with Gasteiger partial charge in [-0.2, -0.15) is 0 Å². The van der Waals surface area contributed by atoms with E-state index in [1.54, 1.807) is 13.4 Å². The Balaban J connectivity index is 1.64. The Morgan fingerprint density at radius 2 is 2.07 bits per heavy atom. The topological polar surface area (TPSA) is 89.8 Å². The van der Waals surface area contributed by atoms with Gasteiger partial charge in [0.25, 0.3) is 0 Å². The van der Waals surface area contributed by atoms with Gasteiger partial charge in [0.2, 0.25) is 0 Å². The molecule has 0 bridgehead atoms. The summed E-state index contributed by atoms with van der Waals surface area (Å²) in [4.78, 5) is 12.6. The molecule has 0 fully saturated rings. The van der Waals surface area contributed by atoms with Crippen LogP contribution < -0.4 is 15.8 Å². The standard InChI is InChI=1S/C20H21ClN6O/c1-14-11-27(13-25-14)18-8-7-17(9-19(18)28-2)26-20(22)24-12-23-10-15-3-5-16(21)6-4-15/h3-9,11-13H,10H2,1-2H3,(H3,22,23,24,26). The third-order valence-electron chi connectivity index (χ3n) is 3.91. The highest BCUT2D eigenvalue weighted by Gasteiger charge is 2.07. The molecule has 3 rings (SSSR count). The smallest absolute Gasteiger partial charge is 0.199 e. The largest absolute Gasteiger partial charge is 0.494 e. The van der Waals surface area contributed by atoms with Crippen LogP contribution in [0.1, 0.15) is 11.3 Å². The Hall–Kier alpha value is -3.32. The summed E-state index contributed by atoms with van der Waals surface area (Å²) in [6, 6.07) is 13.1. The zero-order chi connectivity index (χ0) is 19.9. The van der Waals surface area contributed by atoms with Crippen LogP contribution in [0.15, 0.2) is 65.0 Å². The molecule has 0 amide bonds. The van der Waals surface area contributed by atoms with E-state index in [2.05, 4.69) is 20.3 Å². The molecule has 1 heterocycles. The number of benzene rings is 2. The van der Waals surface area contributed by atoms with Crippen molar-refractivity contribution in [2.45, 2.75) is 13.5 Å². The second-order valence-corrected chi connectivity index (χ2v) is 6.47. The predicted octanol–water partition coefficient (Wildman–Crippen LogP) is 3.80. The average molecular weight is 397 g/mol. The van der Waals surface area contributed by atoms with Gasteiger partial charge in [-0.3, -0.25) is 4.99 Å². The number of imidazole rings is 1. The summed E-state index contributed by atoms with van der Waals surface area (Å²) in [6.45, 7) is 2.44. The number of aromatic nitrogens is 2.